The van der Waals surface area contributed by atoms with Crippen molar-refractivity contribution in [2.24, 2.45) is 0 Å². The lowest BCUT2D eigenvalue weighted by Gasteiger charge is -2.05. The Labute approximate surface area is 126 Å². The Morgan fingerprint density at radius 2 is 2.00 bits per heavy atom. The van der Waals surface area contributed by atoms with Gasteiger partial charge in [0.2, 0.25) is 0 Å². The second kappa shape index (κ2) is 8.47. The highest BCUT2D eigenvalue weighted by atomic mass is 16.5. The fourth-order valence-electron chi connectivity index (χ4n) is 2.03. The van der Waals surface area contributed by atoms with E-state index in [4.69, 9.17) is 9.15 Å². The highest BCUT2D eigenvalue weighted by molar-refractivity contribution is 5.57. The number of hydrogen-bond donors (Lipinski definition) is 1. The second-order valence-corrected chi connectivity index (χ2v) is 5.05. The monoisotopic (exact) mass is 288 g/mol. The predicted molar refractivity (Wildman–Crippen MR) is 84.6 cm³/mol. The van der Waals surface area contributed by atoms with Crippen LogP contribution in [0.15, 0.2) is 34.9 Å². The van der Waals surface area contributed by atoms with Gasteiger partial charge in [-0.2, -0.15) is 0 Å². The lowest BCUT2D eigenvalue weighted by atomic mass is 10.2. The zero-order valence-electron chi connectivity index (χ0n) is 12.9. The van der Waals surface area contributed by atoms with E-state index in [9.17, 15) is 0 Å². The van der Waals surface area contributed by atoms with Crippen LogP contribution < -0.4 is 10.1 Å². The van der Waals surface area contributed by atoms with Crippen LogP contribution in [0.3, 0.4) is 0 Å². The van der Waals surface area contributed by atoms with Crippen molar-refractivity contribution in [3.8, 4) is 17.1 Å². The van der Waals surface area contributed by atoms with E-state index in [2.05, 4.69) is 17.2 Å². The maximum Gasteiger partial charge on any atom is 0.194 e. The molecule has 0 saturated heterocycles. The van der Waals surface area contributed by atoms with E-state index < -0.39 is 0 Å². The van der Waals surface area contributed by atoms with Crippen LogP contribution in [0.1, 0.15) is 32.1 Å². The number of nitrogens with one attached hydrogen (secondary N) is 1. The normalized spacial score (nSPS) is 10.8. The van der Waals surface area contributed by atoms with Crippen molar-refractivity contribution in [3.05, 3.63) is 36.4 Å². The first-order valence-corrected chi connectivity index (χ1v) is 7.66. The predicted octanol–water partition coefficient (Wildman–Crippen LogP) is 3.67. The zero-order chi connectivity index (χ0) is 14.9. The van der Waals surface area contributed by atoms with E-state index in [1.165, 1.54) is 0 Å². The van der Waals surface area contributed by atoms with Gasteiger partial charge in [-0.25, -0.2) is 4.98 Å². The Kier molecular flexibility index (Phi) is 6.28. The molecule has 2 rings (SSSR count). The molecule has 1 heterocycles. The summed E-state index contributed by atoms with van der Waals surface area (Å²) in [6.45, 7) is 3.90. The minimum absolute atomic E-state index is 0.772. The van der Waals surface area contributed by atoms with Gasteiger partial charge in [0.1, 0.15) is 5.75 Å². The van der Waals surface area contributed by atoms with Crippen molar-refractivity contribution >= 4 is 0 Å². The number of aromatic nitrogens is 1. The van der Waals surface area contributed by atoms with Gasteiger partial charge in [-0.3, -0.25) is 0 Å². The number of unbranched alkanes of at least 4 members (excludes halogenated alkanes) is 1. The summed E-state index contributed by atoms with van der Waals surface area (Å²) < 4.78 is 11.4. The maximum absolute atomic E-state index is 5.77. The Hall–Kier alpha value is -1.81. The largest absolute Gasteiger partial charge is 0.494 e. The molecule has 0 amide bonds. The third-order valence-electron chi connectivity index (χ3n) is 3.28. The van der Waals surface area contributed by atoms with Crippen LogP contribution in [-0.4, -0.2) is 25.2 Å². The Balaban J connectivity index is 1.92. The van der Waals surface area contributed by atoms with Crippen molar-refractivity contribution in [3.63, 3.8) is 0 Å². The van der Waals surface area contributed by atoms with Gasteiger partial charge < -0.3 is 14.5 Å². The van der Waals surface area contributed by atoms with Gasteiger partial charge in [0, 0.05) is 12.0 Å². The summed E-state index contributed by atoms with van der Waals surface area (Å²) >= 11 is 0. The van der Waals surface area contributed by atoms with E-state index in [1.54, 1.807) is 6.20 Å². The summed E-state index contributed by atoms with van der Waals surface area (Å²) in [5, 5.41) is 3.12. The highest BCUT2D eigenvalue weighted by Gasteiger charge is 2.06. The summed E-state index contributed by atoms with van der Waals surface area (Å²) in [4.78, 5) is 4.32. The molecule has 1 aromatic heterocycles. The Bertz CT molecular complexity index is 520. The van der Waals surface area contributed by atoms with Gasteiger partial charge in [-0.1, -0.05) is 13.3 Å². The fourth-order valence-corrected chi connectivity index (χ4v) is 2.03. The minimum atomic E-state index is 0.772. The van der Waals surface area contributed by atoms with Crippen LogP contribution in [0.4, 0.5) is 0 Å². The smallest absolute Gasteiger partial charge is 0.194 e. The van der Waals surface area contributed by atoms with Crippen LogP contribution in [-0.2, 0) is 6.42 Å². The third-order valence-corrected chi connectivity index (χ3v) is 3.28. The van der Waals surface area contributed by atoms with Gasteiger partial charge in [-0.15, -0.1) is 0 Å². The van der Waals surface area contributed by atoms with Crippen molar-refractivity contribution < 1.29 is 9.15 Å². The van der Waals surface area contributed by atoms with Crippen LogP contribution in [0.2, 0.25) is 0 Å². The Morgan fingerprint density at radius 3 is 2.71 bits per heavy atom. The van der Waals surface area contributed by atoms with Gasteiger partial charge in [0.15, 0.2) is 11.7 Å². The summed E-state index contributed by atoms with van der Waals surface area (Å²) in [5.74, 6) is 2.51. The van der Waals surface area contributed by atoms with Crippen LogP contribution in [0.25, 0.3) is 11.3 Å². The first kappa shape index (κ1) is 15.6. The molecule has 0 bridgehead atoms. The molecule has 0 radical (unpaired) electrons. The highest BCUT2D eigenvalue weighted by Crippen LogP contribution is 2.23. The average molecular weight is 288 g/mol. The van der Waals surface area contributed by atoms with Crippen LogP contribution in [0.5, 0.6) is 5.75 Å². The molecule has 0 aliphatic heterocycles. The topological polar surface area (TPSA) is 47.3 Å². The summed E-state index contributed by atoms with van der Waals surface area (Å²) in [6, 6.07) is 7.99. The molecule has 0 saturated carbocycles. The SMILES string of the molecule is CCCCOc1ccc(-c2cnc(CCCNC)o2)cc1. The van der Waals surface area contributed by atoms with Crippen molar-refractivity contribution in [2.45, 2.75) is 32.6 Å². The van der Waals surface area contributed by atoms with Crippen LogP contribution >= 0.6 is 0 Å². The minimum Gasteiger partial charge on any atom is -0.494 e. The van der Waals surface area contributed by atoms with Gasteiger partial charge in [-0.05, 0) is 50.7 Å². The molecular formula is C17H24N2O2. The number of oxazole rings is 1. The van der Waals surface area contributed by atoms with Crippen LogP contribution in [0, 0.1) is 0 Å². The van der Waals surface area contributed by atoms with Crippen molar-refractivity contribution in [2.75, 3.05) is 20.2 Å². The quantitative estimate of drug-likeness (QED) is 0.715. The summed E-state index contributed by atoms with van der Waals surface area (Å²) in [5.41, 5.74) is 1.03. The molecule has 2 aromatic rings. The Morgan fingerprint density at radius 1 is 1.19 bits per heavy atom. The second-order valence-electron chi connectivity index (χ2n) is 5.05. The number of ether oxygens (including phenoxy) is 1. The molecular weight excluding hydrogens is 264 g/mol. The summed E-state index contributed by atoms with van der Waals surface area (Å²) in [7, 11) is 1.95. The fraction of sp³-hybridized carbons (Fsp3) is 0.471. The molecule has 0 aliphatic carbocycles. The first-order valence-electron chi connectivity index (χ1n) is 7.66. The number of benzene rings is 1. The maximum atomic E-state index is 5.77. The van der Waals surface area contributed by atoms with Gasteiger partial charge in [0.05, 0.1) is 12.8 Å². The first-order chi connectivity index (χ1) is 10.3. The molecule has 114 valence electrons. The van der Waals surface area contributed by atoms with Gasteiger partial charge >= 0.3 is 0 Å². The van der Waals surface area contributed by atoms with E-state index >= 15 is 0 Å². The molecule has 1 aromatic carbocycles. The lowest BCUT2D eigenvalue weighted by Crippen LogP contribution is -2.08. The molecule has 1 N–H and O–H groups in total. The number of rotatable bonds is 9. The molecule has 0 aliphatic rings. The van der Waals surface area contributed by atoms with E-state index in [0.29, 0.717) is 0 Å². The molecule has 0 atom stereocenters. The van der Waals surface area contributed by atoms with Crippen molar-refractivity contribution in [1.82, 2.24) is 10.3 Å². The van der Waals surface area contributed by atoms with E-state index in [1.807, 2.05) is 31.3 Å². The molecule has 0 spiro atoms. The molecule has 4 nitrogen and oxygen atoms in total. The zero-order valence-corrected chi connectivity index (χ0v) is 12.9. The molecule has 4 heteroatoms. The van der Waals surface area contributed by atoms with E-state index in [-0.39, 0.29) is 0 Å². The molecule has 0 unspecified atom stereocenters. The number of nitrogens with zero attached hydrogens (tertiary/aromatic N) is 1. The number of aryl methyl sites for hydroxylation is 1. The lowest BCUT2D eigenvalue weighted by molar-refractivity contribution is 0.309. The van der Waals surface area contributed by atoms with E-state index in [0.717, 1.165) is 61.8 Å². The molecule has 21 heavy (non-hydrogen) atoms. The standard InChI is InChI=1S/C17H24N2O2/c1-3-4-12-20-15-9-7-14(8-10-15)16-13-19-17(21-16)6-5-11-18-2/h7-10,13,18H,3-6,11-12H2,1-2H3. The molecule has 0 fully saturated rings. The number of hydrogen-bond acceptors (Lipinski definition) is 4. The summed E-state index contributed by atoms with van der Waals surface area (Å²) in [6.07, 6.45) is 5.91. The third kappa shape index (κ3) is 4.90. The van der Waals surface area contributed by atoms with Crippen molar-refractivity contribution in [1.29, 1.82) is 0 Å². The van der Waals surface area contributed by atoms with Gasteiger partial charge in [0.25, 0.3) is 0 Å². The average Bonchev–Trinajstić information content (AvgIpc) is 2.97.